The summed E-state index contributed by atoms with van der Waals surface area (Å²) in [5, 5.41) is 19.3. The molecular formula is C15H20N4O6S3. The van der Waals surface area contributed by atoms with Crippen LogP contribution >= 0.6 is 11.3 Å². The Morgan fingerprint density at radius 2 is 1.79 bits per heavy atom. The van der Waals surface area contributed by atoms with Crippen molar-refractivity contribution in [1.82, 2.24) is 4.31 Å². The van der Waals surface area contributed by atoms with Gasteiger partial charge in [0.1, 0.15) is 9.90 Å². The summed E-state index contributed by atoms with van der Waals surface area (Å²) in [7, 11) is -7.64. The van der Waals surface area contributed by atoms with Crippen LogP contribution in [0.3, 0.4) is 0 Å². The highest BCUT2D eigenvalue weighted by molar-refractivity contribution is 7.91. The number of hydrogen-bond donors (Lipinski definition) is 2. The molecule has 2 rings (SSSR count). The van der Waals surface area contributed by atoms with E-state index in [0.717, 1.165) is 17.4 Å². The van der Waals surface area contributed by atoms with Crippen molar-refractivity contribution >= 4 is 42.8 Å². The summed E-state index contributed by atoms with van der Waals surface area (Å²) in [5.74, 6) is 0. The monoisotopic (exact) mass is 448 g/mol. The van der Waals surface area contributed by atoms with Crippen LogP contribution in [0, 0.1) is 10.1 Å². The van der Waals surface area contributed by atoms with Crippen LogP contribution in [0.5, 0.6) is 0 Å². The van der Waals surface area contributed by atoms with E-state index in [0.29, 0.717) is 4.88 Å². The van der Waals surface area contributed by atoms with Crippen LogP contribution in [0.2, 0.25) is 0 Å². The Hall–Kier alpha value is -2.06. The first-order valence-corrected chi connectivity index (χ1v) is 11.9. The molecule has 0 unspecified atom stereocenters. The van der Waals surface area contributed by atoms with Gasteiger partial charge in [-0.15, -0.1) is 11.3 Å². The first-order valence-electron chi connectivity index (χ1n) is 8.14. The van der Waals surface area contributed by atoms with E-state index in [1.165, 1.54) is 22.5 Å². The predicted molar refractivity (Wildman–Crippen MR) is 106 cm³/mol. The van der Waals surface area contributed by atoms with Crippen molar-refractivity contribution in [2.75, 3.05) is 18.4 Å². The van der Waals surface area contributed by atoms with Gasteiger partial charge >= 0.3 is 0 Å². The number of sulfonamides is 2. The summed E-state index contributed by atoms with van der Waals surface area (Å²) in [6.07, 6.45) is 0. The lowest BCUT2D eigenvalue weighted by Gasteiger charge is -2.18. The minimum atomic E-state index is -3.83. The number of primary sulfonamides is 1. The quantitative estimate of drug-likeness (QED) is 0.439. The van der Waals surface area contributed by atoms with E-state index >= 15 is 0 Å². The SMILES string of the molecule is CCN(CC)S(=O)(=O)c1ccc(NCc2ccc(S(N)(=O)=O)s2)c([N+](=O)[O-])c1. The predicted octanol–water partition coefficient (Wildman–Crippen LogP) is 1.95. The zero-order valence-corrected chi connectivity index (χ0v) is 17.6. The van der Waals surface area contributed by atoms with Crippen molar-refractivity contribution in [1.29, 1.82) is 0 Å². The number of thiophene rings is 1. The van der Waals surface area contributed by atoms with E-state index in [2.05, 4.69) is 5.32 Å². The molecule has 0 aliphatic rings. The maximum atomic E-state index is 12.6. The summed E-state index contributed by atoms with van der Waals surface area (Å²) in [4.78, 5) is 11.2. The smallest absolute Gasteiger partial charge is 0.293 e. The maximum absolute atomic E-state index is 12.6. The molecule has 0 bridgehead atoms. The Kier molecular flexibility index (Phi) is 6.77. The molecule has 13 heteroatoms. The van der Waals surface area contributed by atoms with Crippen molar-refractivity contribution in [2.24, 2.45) is 5.14 Å². The standard InChI is InChI=1S/C15H20N4O6S3/c1-3-18(4-2)28(24,25)12-6-7-13(14(9-12)19(20)21)17-10-11-5-8-15(26-11)27(16,22)23/h5-9,17H,3-4,10H2,1-2H3,(H2,16,22,23). The second-order valence-corrected chi connectivity index (χ2v) is 10.5. The average Bonchev–Trinajstić information content (AvgIpc) is 3.10. The molecule has 3 N–H and O–H groups in total. The van der Waals surface area contributed by atoms with Crippen molar-refractivity contribution < 1.29 is 21.8 Å². The Morgan fingerprint density at radius 3 is 2.29 bits per heavy atom. The topological polar surface area (TPSA) is 153 Å². The van der Waals surface area contributed by atoms with E-state index in [-0.39, 0.29) is 34.4 Å². The fourth-order valence-electron chi connectivity index (χ4n) is 2.47. The molecule has 0 saturated carbocycles. The third-order valence-electron chi connectivity index (χ3n) is 3.88. The normalized spacial score (nSPS) is 12.3. The molecule has 10 nitrogen and oxygen atoms in total. The fourth-order valence-corrected chi connectivity index (χ4v) is 5.67. The highest BCUT2D eigenvalue weighted by atomic mass is 32.2. The first kappa shape index (κ1) is 22.2. The minimum Gasteiger partial charge on any atom is -0.375 e. The lowest BCUT2D eigenvalue weighted by atomic mass is 10.2. The van der Waals surface area contributed by atoms with Crippen LogP contribution in [0.4, 0.5) is 11.4 Å². The second kappa shape index (κ2) is 8.53. The van der Waals surface area contributed by atoms with Crippen LogP contribution in [0.1, 0.15) is 18.7 Å². The highest BCUT2D eigenvalue weighted by Gasteiger charge is 2.25. The van der Waals surface area contributed by atoms with Crippen molar-refractivity contribution in [2.45, 2.75) is 29.5 Å². The molecule has 2 aromatic rings. The van der Waals surface area contributed by atoms with Crippen LogP contribution in [0.25, 0.3) is 0 Å². The van der Waals surface area contributed by atoms with Crippen LogP contribution in [0.15, 0.2) is 39.4 Å². The number of hydrogen-bond acceptors (Lipinski definition) is 8. The summed E-state index contributed by atoms with van der Waals surface area (Å²) < 4.78 is 49.0. The molecule has 0 radical (unpaired) electrons. The highest BCUT2D eigenvalue weighted by Crippen LogP contribution is 2.30. The van der Waals surface area contributed by atoms with Gasteiger partial charge in [-0.05, 0) is 24.3 Å². The Morgan fingerprint density at radius 1 is 1.14 bits per heavy atom. The molecule has 0 aliphatic carbocycles. The third kappa shape index (κ3) is 4.86. The molecule has 0 fully saturated rings. The van der Waals surface area contributed by atoms with Crippen LogP contribution in [-0.4, -0.2) is 39.2 Å². The van der Waals surface area contributed by atoms with Crippen LogP contribution < -0.4 is 10.5 Å². The molecular weight excluding hydrogens is 428 g/mol. The molecule has 0 amide bonds. The lowest BCUT2D eigenvalue weighted by molar-refractivity contribution is -0.384. The molecule has 1 heterocycles. The van der Waals surface area contributed by atoms with Crippen LogP contribution in [-0.2, 0) is 26.6 Å². The molecule has 0 spiro atoms. The third-order valence-corrected chi connectivity index (χ3v) is 8.45. The van der Waals surface area contributed by atoms with E-state index < -0.39 is 30.7 Å². The Bertz CT molecular complexity index is 1070. The van der Waals surface area contributed by atoms with Gasteiger partial charge in [-0.1, -0.05) is 13.8 Å². The summed E-state index contributed by atoms with van der Waals surface area (Å²) in [6, 6.07) is 6.53. The molecule has 28 heavy (non-hydrogen) atoms. The number of nitrogens with zero attached hydrogens (tertiary/aromatic N) is 2. The summed E-state index contributed by atoms with van der Waals surface area (Å²) in [6.45, 7) is 3.97. The molecule has 0 atom stereocenters. The molecule has 1 aromatic heterocycles. The first-order chi connectivity index (χ1) is 13.0. The van der Waals surface area contributed by atoms with Gasteiger partial charge in [-0.3, -0.25) is 10.1 Å². The second-order valence-electron chi connectivity index (χ2n) is 5.64. The average molecular weight is 449 g/mol. The van der Waals surface area contributed by atoms with Gasteiger partial charge in [0.05, 0.1) is 9.82 Å². The number of rotatable bonds is 9. The van der Waals surface area contributed by atoms with Crippen molar-refractivity contribution in [3.05, 3.63) is 45.3 Å². The molecule has 0 saturated heterocycles. The van der Waals surface area contributed by atoms with E-state index in [1.807, 2.05) is 0 Å². The van der Waals surface area contributed by atoms with Crippen molar-refractivity contribution in [3.63, 3.8) is 0 Å². The largest absolute Gasteiger partial charge is 0.375 e. The zero-order chi connectivity index (χ0) is 21.1. The van der Waals surface area contributed by atoms with Gasteiger partial charge < -0.3 is 5.32 Å². The Balaban J connectivity index is 2.31. The number of nitrogens with one attached hydrogen (secondary N) is 1. The number of benzene rings is 1. The van der Waals surface area contributed by atoms with E-state index in [1.54, 1.807) is 19.9 Å². The maximum Gasteiger partial charge on any atom is 0.293 e. The Labute approximate surface area is 167 Å². The number of nitro benzene ring substituents is 1. The lowest BCUT2D eigenvalue weighted by Crippen LogP contribution is -2.30. The number of anilines is 1. The van der Waals surface area contributed by atoms with Gasteiger partial charge in [-0.25, -0.2) is 22.0 Å². The zero-order valence-electron chi connectivity index (χ0n) is 15.2. The molecule has 1 aromatic carbocycles. The summed E-state index contributed by atoms with van der Waals surface area (Å²) in [5.41, 5.74) is -0.273. The van der Waals surface area contributed by atoms with Gasteiger partial charge in [-0.2, -0.15) is 4.31 Å². The van der Waals surface area contributed by atoms with Crippen molar-refractivity contribution in [3.8, 4) is 0 Å². The minimum absolute atomic E-state index is 0.0144. The van der Waals surface area contributed by atoms with Gasteiger partial charge in [0.2, 0.25) is 20.0 Å². The van der Waals surface area contributed by atoms with Gasteiger partial charge in [0, 0.05) is 30.6 Å². The number of nitrogens with two attached hydrogens (primary N) is 1. The summed E-state index contributed by atoms with van der Waals surface area (Å²) >= 11 is 0.943. The molecule has 0 aliphatic heterocycles. The molecule has 154 valence electrons. The van der Waals surface area contributed by atoms with E-state index in [4.69, 9.17) is 5.14 Å². The fraction of sp³-hybridized carbons (Fsp3) is 0.333. The van der Waals surface area contributed by atoms with Gasteiger partial charge in [0.15, 0.2) is 0 Å². The number of nitro groups is 1. The van der Waals surface area contributed by atoms with E-state index in [9.17, 15) is 26.9 Å². The van der Waals surface area contributed by atoms with Gasteiger partial charge in [0.25, 0.3) is 5.69 Å².